The Bertz CT molecular complexity index is 4180. The van der Waals surface area contributed by atoms with Crippen LogP contribution in [0, 0.1) is 6.92 Å². The molecule has 0 amide bonds. The fraction of sp³-hybridized carbons (Fsp3) is 0.525. The van der Waals surface area contributed by atoms with Gasteiger partial charge in [0, 0.05) is 27.8 Å². The van der Waals surface area contributed by atoms with E-state index in [9.17, 15) is 51.1 Å². The first-order valence-electron chi connectivity index (χ1n) is 40.2. The Balaban J connectivity index is 0.000000656. The Kier molecular flexibility index (Phi) is 35.5. The molecule has 114 heavy (non-hydrogen) atoms. The molecular formula is C101H154O13. The average molecular weight is 1580 g/mol. The van der Waals surface area contributed by atoms with E-state index in [1.165, 1.54) is 53.6 Å². The van der Waals surface area contributed by atoms with E-state index in [1.54, 1.807) is 36.4 Å². The standard InChI is InChI=1S/C16H26O2.C16H26O.C15H24O.C14H22O2.C14H22O.2C10H14O2.C6H6O2/c1-7-15(3,4)11-9-14(18)12(10-13(11)17)16(5,6)8-2;1-8-11-9-12(15(2,3)4)14(17)13(10-11)16(5,6)7;1-10-8-11(14(2,3)4)13(16)12(9-10)15(5,6)7;1-13(2,3)9-7-12(16)10(8-11(9)15)14(4,5)6;1-13(2,3)10-8-7-9-11(12(10)15)14(4,5)6;1-10(2,3)8-6-7(11)4-5-9(8)12;1-10(2,3)7-4-5-8(11)9(12)6-7;7-5-1-2-6(8)4-3-5/h9-10,17-18H,7-8H2,1-6H3;9-10,17H,8H2,1-7H3;8-9,16H,1-7H3;7-8,15-16H,1-6H3;7-9,15H,1-6H3;2*4-6,11-12H,1-3H3;1-4,7-8H. The van der Waals surface area contributed by atoms with Crippen molar-refractivity contribution in [3.8, 4) is 74.7 Å². The van der Waals surface area contributed by atoms with Crippen LogP contribution in [0.2, 0.25) is 0 Å². The third-order valence-corrected chi connectivity index (χ3v) is 20.3. The molecular weight excluding hydrogens is 1420 g/mol. The molecule has 13 N–H and O–H groups in total. The fourth-order valence-corrected chi connectivity index (χ4v) is 12.1. The highest BCUT2D eigenvalue weighted by atomic mass is 16.3. The van der Waals surface area contributed by atoms with Crippen LogP contribution < -0.4 is 0 Å². The van der Waals surface area contributed by atoms with Gasteiger partial charge in [0.15, 0.2) is 11.5 Å². The fourth-order valence-electron chi connectivity index (χ4n) is 12.1. The van der Waals surface area contributed by atoms with Crippen LogP contribution in [-0.4, -0.2) is 66.4 Å². The lowest BCUT2D eigenvalue weighted by Gasteiger charge is -2.29. The minimum atomic E-state index is -0.169. The molecule has 0 unspecified atom stereocenters. The summed E-state index contributed by atoms with van der Waals surface area (Å²) in [5.41, 5.74) is 12.9. The maximum atomic E-state index is 10.5. The predicted octanol–water partition coefficient (Wildman–Crippen LogP) is 26.9. The Morgan fingerprint density at radius 1 is 0.211 bits per heavy atom. The summed E-state index contributed by atoms with van der Waals surface area (Å²) in [7, 11) is 0. The van der Waals surface area contributed by atoms with E-state index < -0.39 is 0 Å². The molecule has 8 aromatic carbocycles. The van der Waals surface area contributed by atoms with Crippen molar-refractivity contribution in [1.82, 2.24) is 0 Å². The highest BCUT2D eigenvalue weighted by molar-refractivity contribution is 5.55. The number of hydrogen-bond donors (Lipinski definition) is 13. The van der Waals surface area contributed by atoms with Crippen molar-refractivity contribution < 1.29 is 66.4 Å². The summed E-state index contributed by atoms with van der Waals surface area (Å²) in [6, 6.07) is 36.5. The van der Waals surface area contributed by atoms with Gasteiger partial charge in [-0.15, -0.1) is 0 Å². The summed E-state index contributed by atoms with van der Waals surface area (Å²) in [5.74, 6) is 3.14. The Morgan fingerprint density at radius 3 is 0.728 bits per heavy atom. The van der Waals surface area contributed by atoms with Gasteiger partial charge < -0.3 is 66.4 Å². The lowest BCUT2D eigenvalue weighted by Crippen LogP contribution is -2.19. The molecule has 0 aliphatic carbocycles. The zero-order valence-corrected chi connectivity index (χ0v) is 77.6. The quantitative estimate of drug-likeness (QED) is 0.0566. The van der Waals surface area contributed by atoms with Crippen LogP contribution >= 0.6 is 0 Å². The first kappa shape index (κ1) is 103. The second-order valence-corrected chi connectivity index (χ2v) is 42.0. The number of rotatable bonds is 5. The van der Waals surface area contributed by atoms with Crippen LogP contribution in [-0.2, 0) is 71.4 Å². The van der Waals surface area contributed by atoms with Crippen molar-refractivity contribution >= 4 is 0 Å². The number of aryl methyl sites for hydroxylation is 2. The van der Waals surface area contributed by atoms with Gasteiger partial charge in [0.1, 0.15) is 63.2 Å². The lowest BCUT2D eigenvalue weighted by molar-refractivity contribution is 0.400. The Morgan fingerprint density at radius 2 is 0.465 bits per heavy atom. The van der Waals surface area contributed by atoms with Crippen LogP contribution in [0.15, 0.2) is 127 Å². The van der Waals surface area contributed by atoms with Crippen LogP contribution in [0.3, 0.4) is 0 Å². The van der Waals surface area contributed by atoms with E-state index in [-0.39, 0.29) is 122 Å². The summed E-state index contributed by atoms with van der Waals surface area (Å²) in [4.78, 5) is 0. The SMILES string of the molecule is CC(C)(C)c1cc(O)c(C(C)(C)C)cc1O.CC(C)(C)c1cc(O)ccc1O.CC(C)(C)c1ccc(O)c(O)c1.CC(C)(C)c1cccc(C(C)(C)C)c1O.CCC(C)(C)c1cc(O)c(C(C)(C)CC)cc1O.CCc1cc(C(C)(C)C)c(O)c(C(C)(C)C)c1.Cc1cc(C(C)(C)C)c(O)c(C(C)(C)C)c1.Oc1ccc(O)cc1. The third kappa shape index (κ3) is 31.4. The maximum Gasteiger partial charge on any atom is 0.157 e. The summed E-state index contributed by atoms with van der Waals surface area (Å²) in [6.07, 6.45) is 2.83. The average Bonchev–Trinajstić information content (AvgIpc) is 0.810. The van der Waals surface area contributed by atoms with Crippen molar-refractivity contribution in [1.29, 1.82) is 0 Å². The van der Waals surface area contributed by atoms with E-state index in [2.05, 4.69) is 225 Å². The summed E-state index contributed by atoms with van der Waals surface area (Å²) >= 11 is 0. The number of aromatic hydroxyl groups is 13. The summed E-state index contributed by atoms with van der Waals surface area (Å²) in [5, 5.41) is 126. The van der Waals surface area contributed by atoms with Gasteiger partial charge in [0.25, 0.3) is 0 Å². The summed E-state index contributed by atoms with van der Waals surface area (Å²) in [6.45, 7) is 79.3. The lowest BCUT2D eigenvalue weighted by atomic mass is 9.77. The van der Waals surface area contributed by atoms with Gasteiger partial charge in [0.05, 0.1) is 0 Å². The molecule has 0 spiro atoms. The van der Waals surface area contributed by atoms with Crippen molar-refractivity contribution in [3.05, 3.63) is 205 Å². The second-order valence-electron chi connectivity index (χ2n) is 42.0. The molecule has 8 aromatic rings. The molecule has 0 aromatic heterocycles. The van der Waals surface area contributed by atoms with E-state index in [0.29, 0.717) is 17.2 Å². The van der Waals surface area contributed by atoms with Gasteiger partial charge in [0.2, 0.25) is 0 Å². The van der Waals surface area contributed by atoms with Crippen molar-refractivity contribution in [2.45, 2.75) is 347 Å². The zero-order chi connectivity index (χ0) is 89.6. The molecule has 636 valence electrons. The maximum absolute atomic E-state index is 10.5. The molecule has 8 rings (SSSR count). The normalized spacial score (nSPS) is 12.3. The largest absolute Gasteiger partial charge is 0.508 e. The van der Waals surface area contributed by atoms with E-state index in [4.69, 9.17) is 15.3 Å². The van der Waals surface area contributed by atoms with Crippen LogP contribution in [0.25, 0.3) is 0 Å². The second kappa shape index (κ2) is 39.2. The van der Waals surface area contributed by atoms with Crippen LogP contribution in [0.5, 0.6) is 74.7 Å². The number of para-hydroxylation sites is 1. The first-order valence-corrected chi connectivity index (χ1v) is 40.2. The van der Waals surface area contributed by atoms with Crippen molar-refractivity contribution in [3.63, 3.8) is 0 Å². The van der Waals surface area contributed by atoms with Gasteiger partial charge in [-0.25, -0.2) is 0 Å². The van der Waals surface area contributed by atoms with Gasteiger partial charge in [-0.2, -0.15) is 0 Å². The molecule has 0 radical (unpaired) electrons. The predicted molar refractivity (Wildman–Crippen MR) is 481 cm³/mol. The molecule has 13 heteroatoms. The van der Waals surface area contributed by atoms with Crippen molar-refractivity contribution in [2.75, 3.05) is 0 Å². The molecule has 13 nitrogen and oxygen atoms in total. The molecule has 0 saturated carbocycles. The number of phenols is 13. The molecule has 0 aliphatic heterocycles. The number of benzene rings is 8. The molecule has 0 aliphatic rings. The number of phenolic OH excluding ortho intramolecular Hbond substituents is 13. The van der Waals surface area contributed by atoms with Crippen molar-refractivity contribution in [2.24, 2.45) is 0 Å². The minimum Gasteiger partial charge on any atom is -0.508 e. The number of hydrogen-bond acceptors (Lipinski definition) is 13. The Labute approximate surface area is 690 Å². The molecule has 0 fully saturated rings. The van der Waals surface area contributed by atoms with E-state index >= 15 is 0 Å². The minimum absolute atomic E-state index is 0.00514. The molecule has 0 heterocycles. The van der Waals surface area contributed by atoms with Crippen LogP contribution in [0.1, 0.15) is 347 Å². The van der Waals surface area contributed by atoms with Crippen LogP contribution in [0.4, 0.5) is 0 Å². The van der Waals surface area contributed by atoms with Gasteiger partial charge >= 0.3 is 0 Å². The molecule has 0 atom stereocenters. The third-order valence-electron chi connectivity index (χ3n) is 20.3. The topological polar surface area (TPSA) is 263 Å². The highest BCUT2D eigenvalue weighted by Gasteiger charge is 2.32. The smallest absolute Gasteiger partial charge is 0.157 e. The Hall–Kier alpha value is -8.84. The van der Waals surface area contributed by atoms with E-state index in [0.717, 1.165) is 86.0 Å². The zero-order valence-electron chi connectivity index (χ0n) is 77.6. The van der Waals surface area contributed by atoms with Gasteiger partial charge in [-0.05, 0) is 215 Å². The molecule has 0 saturated heterocycles. The van der Waals surface area contributed by atoms with E-state index in [1.807, 2.05) is 86.6 Å². The van der Waals surface area contributed by atoms with Gasteiger partial charge in [-0.3, -0.25) is 0 Å². The summed E-state index contributed by atoms with van der Waals surface area (Å²) < 4.78 is 0. The first-order chi connectivity index (χ1) is 51.0. The molecule has 0 bridgehead atoms. The monoisotopic (exact) mass is 1580 g/mol. The van der Waals surface area contributed by atoms with Gasteiger partial charge in [-0.1, -0.05) is 310 Å². The highest BCUT2D eigenvalue weighted by Crippen LogP contribution is 2.46.